The number of nitrogens with one attached hydrogen (secondary N) is 1. The normalized spacial score (nSPS) is 17.6. The summed E-state index contributed by atoms with van der Waals surface area (Å²) in [4.78, 5) is 30.8. The molecule has 1 aromatic heterocycles. The number of nitrogens with two attached hydrogens (primary N) is 1. The molecular weight excluding hydrogens is 336 g/mol. The van der Waals surface area contributed by atoms with E-state index in [4.69, 9.17) is 5.73 Å². The summed E-state index contributed by atoms with van der Waals surface area (Å²) in [6.07, 6.45) is 4.20. The van der Waals surface area contributed by atoms with Gasteiger partial charge in [0.2, 0.25) is 11.8 Å². The second-order valence-corrected chi connectivity index (χ2v) is 7.49. The summed E-state index contributed by atoms with van der Waals surface area (Å²) in [5.74, 6) is -0.524. The van der Waals surface area contributed by atoms with Crippen LogP contribution in [0.3, 0.4) is 0 Å². The molecule has 132 valence electrons. The summed E-state index contributed by atoms with van der Waals surface area (Å²) < 4.78 is 0. The van der Waals surface area contributed by atoms with Gasteiger partial charge >= 0.3 is 0 Å². The molecule has 0 bridgehead atoms. The number of likely N-dealkylation sites (tertiary alicyclic amines) is 1. The third-order valence-electron chi connectivity index (χ3n) is 4.30. The van der Waals surface area contributed by atoms with Gasteiger partial charge in [-0.3, -0.25) is 14.5 Å². The fraction of sp³-hybridized carbons (Fsp3) is 0.389. The van der Waals surface area contributed by atoms with Gasteiger partial charge in [-0.05, 0) is 31.9 Å². The van der Waals surface area contributed by atoms with Crippen LogP contribution in [0.4, 0.5) is 5.13 Å². The van der Waals surface area contributed by atoms with E-state index in [-0.39, 0.29) is 24.4 Å². The topological polar surface area (TPSA) is 88.3 Å². The molecule has 1 aliphatic rings. The van der Waals surface area contributed by atoms with Crippen LogP contribution in [-0.2, 0) is 16.0 Å². The number of primary amides is 1. The second kappa shape index (κ2) is 7.76. The van der Waals surface area contributed by atoms with Crippen LogP contribution >= 0.6 is 11.3 Å². The molecule has 2 amide bonds. The molecule has 0 saturated carbocycles. The van der Waals surface area contributed by atoms with Crippen molar-refractivity contribution in [2.24, 2.45) is 5.73 Å². The van der Waals surface area contributed by atoms with Gasteiger partial charge in [0.25, 0.3) is 0 Å². The first-order valence-corrected chi connectivity index (χ1v) is 9.16. The molecule has 1 fully saturated rings. The van der Waals surface area contributed by atoms with Crippen LogP contribution in [-0.4, -0.2) is 40.8 Å². The van der Waals surface area contributed by atoms with Gasteiger partial charge in [0, 0.05) is 17.5 Å². The molecule has 1 aromatic carbocycles. The summed E-state index contributed by atoms with van der Waals surface area (Å²) in [5.41, 5.74) is 7.83. The summed E-state index contributed by atoms with van der Waals surface area (Å²) >= 11 is 1.47. The molecule has 7 heteroatoms. The van der Waals surface area contributed by atoms with Crippen LogP contribution in [0.1, 0.15) is 28.8 Å². The van der Waals surface area contributed by atoms with E-state index in [1.165, 1.54) is 22.5 Å². The molecule has 0 spiro atoms. The van der Waals surface area contributed by atoms with E-state index in [2.05, 4.69) is 35.4 Å². The molecule has 3 N–H and O–H groups in total. The molecule has 1 unspecified atom stereocenters. The number of hydrogen-bond donors (Lipinski definition) is 2. The first-order chi connectivity index (χ1) is 12.0. The van der Waals surface area contributed by atoms with Gasteiger partial charge in [0.1, 0.15) is 0 Å². The van der Waals surface area contributed by atoms with E-state index in [1.54, 1.807) is 6.20 Å². The Kier molecular flexibility index (Phi) is 5.45. The van der Waals surface area contributed by atoms with Crippen molar-refractivity contribution in [2.45, 2.75) is 32.2 Å². The van der Waals surface area contributed by atoms with Crippen molar-refractivity contribution in [1.82, 2.24) is 9.88 Å². The zero-order valence-electron chi connectivity index (χ0n) is 14.2. The van der Waals surface area contributed by atoms with E-state index >= 15 is 0 Å². The van der Waals surface area contributed by atoms with Crippen molar-refractivity contribution in [3.8, 4) is 0 Å². The van der Waals surface area contributed by atoms with E-state index in [1.807, 2.05) is 11.0 Å². The molecule has 1 aliphatic heterocycles. The number of thiazole rings is 1. The Bertz CT molecular complexity index is 774. The fourth-order valence-electron chi connectivity index (χ4n) is 3.15. The van der Waals surface area contributed by atoms with E-state index in [9.17, 15) is 9.59 Å². The van der Waals surface area contributed by atoms with Crippen molar-refractivity contribution < 1.29 is 9.59 Å². The maximum Gasteiger partial charge on any atom is 0.240 e. The smallest absolute Gasteiger partial charge is 0.240 e. The van der Waals surface area contributed by atoms with Crippen molar-refractivity contribution in [2.75, 3.05) is 18.4 Å². The second-order valence-electron chi connectivity index (χ2n) is 6.38. The number of aryl methyl sites for hydroxylation is 1. The van der Waals surface area contributed by atoms with Crippen LogP contribution < -0.4 is 11.1 Å². The van der Waals surface area contributed by atoms with Crippen molar-refractivity contribution in [3.05, 3.63) is 46.5 Å². The molecular formula is C18H22N4O2S. The highest BCUT2D eigenvalue weighted by Gasteiger charge is 2.30. The minimum Gasteiger partial charge on any atom is -0.368 e. The van der Waals surface area contributed by atoms with E-state index in [0.717, 1.165) is 30.7 Å². The van der Waals surface area contributed by atoms with Crippen LogP contribution in [0.5, 0.6) is 0 Å². The monoisotopic (exact) mass is 358 g/mol. The SMILES string of the molecule is Cc1cccc(Cc2cnc(NC(=O)CN3CCCC3C(N)=O)s2)c1. The van der Waals surface area contributed by atoms with Gasteiger partial charge in [0.15, 0.2) is 5.13 Å². The summed E-state index contributed by atoms with van der Waals surface area (Å²) in [6.45, 7) is 2.96. The van der Waals surface area contributed by atoms with Gasteiger partial charge in [-0.1, -0.05) is 29.8 Å². The lowest BCUT2D eigenvalue weighted by atomic mass is 10.1. The van der Waals surface area contributed by atoms with Gasteiger partial charge in [-0.15, -0.1) is 11.3 Å². The number of amides is 2. The minimum absolute atomic E-state index is 0.162. The lowest BCUT2D eigenvalue weighted by Gasteiger charge is -2.20. The average Bonchev–Trinajstić information content (AvgIpc) is 3.17. The molecule has 3 rings (SSSR count). The van der Waals surface area contributed by atoms with E-state index < -0.39 is 0 Å². The molecule has 2 heterocycles. The summed E-state index contributed by atoms with van der Waals surface area (Å²) in [7, 11) is 0. The Morgan fingerprint density at radius 2 is 2.28 bits per heavy atom. The average molecular weight is 358 g/mol. The predicted molar refractivity (Wildman–Crippen MR) is 98.5 cm³/mol. The fourth-order valence-corrected chi connectivity index (χ4v) is 4.01. The van der Waals surface area contributed by atoms with Gasteiger partial charge in [-0.25, -0.2) is 4.98 Å². The highest BCUT2D eigenvalue weighted by Crippen LogP contribution is 2.22. The van der Waals surface area contributed by atoms with Crippen molar-refractivity contribution >= 4 is 28.3 Å². The number of nitrogens with zero attached hydrogens (tertiary/aromatic N) is 2. The number of aromatic nitrogens is 1. The van der Waals surface area contributed by atoms with Gasteiger partial charge < -0.3 is 11.1 Å². The Balaban J connectivity index is 1.56. The quantitative estimate of drug-likeness (QED) is 0.826. The molecule has 2 aromatic rings. The minimum atomic E-state index is -0.361. The Labute approximate surface area is 151 Å². The van der Waals surface area contributed by atoms with E-state index in [0.29, 0.717) is 5.13 Å². The lowest BCUT2D eigenvalue weighted by Crippen LogP contribution is -2.43. The Hall–Kier alpha value is -2.25. The Morgan fingerprint density at radius 1 is 1.44 bits per heavy atom. The third kappa shape index (κ3) is 4.64. The zero-order valence-corrected chi connectivity index (χ0v) is 15.0. The number of carbonyl (C=O) groups is 2. The first kappa shape index (κ1) is 17.6. The molecule has 6 nitrogen and oxygen atoms in total. The number of rotatable bonds is 6. The van der Waals surface area contributed by atoms with Crippen LogP contribution in [0.15, 0.2) is 30.5 Å². The largest absolute Gasteiger partial charge is 0.368 e. The van der Waals surface area contributed by atoms with Crippen LogP contribution in [0.25, 0.3) is 0 Å². The standard InChI is InChI=1S/C18H22N4O2S/c1-12-4-2-5-13(8-12)9-14-10-20-18(25-14)21-16(23)11-22-7-3-6-15(22)17(19)24/h2,4-5,8,10,15H,3,6-7,9,11H2,1H3,(H2,19,24)(H,20,21,23). The summed E-state index contributed by atoms with van der Waals surface area (Å²) in [6, 6.07) is 8.01. The summed E-state index contributed by atoms with van der Waals surface area (Å²) in [5, 5.41) is 3.41. The first-order valence-electron chi connectivity index (χ1n) is 8.35. The lowest BCUT2D eigenvalue weighted by molar-refractivity contribution is -0.123. The number of hydrogen-bond acceptors (Lipinski definition) is 5. The Morgan fingerprint density at radius 3 is 3.04 bits per heavy atom. The number of benzene rings is 1. The molecule has 25 heavy (non-hydrogen) atoms. The number of anilines is 1. The maximum absolute atomic E-state index is 12.2. The van der Waals surface area contributed by atoms with Gasteiger partial charge in [-0.2, -0.15) is 0 Å². The van der Waals surface area contributed by atoms with Crippen LogP contribution in [0, 0.1) is 6.92 Å². The third-order valence-corrected chi connectivity index (χ3v) is 5.21. The molecule has 1 atom stereocenters. The van der Waals surface area contributed by atoms with Crippen molar-refractivity contribution in [1.29, 1.82) is 0 Å². The highest BCUT2D eigenvalue weighted by atomic mass is 32.1. The van der Waals surface area contributed by atoms with Crippen LogP contribution in [0.2, 0.25) is 0 Å². The maximum atomic E-state index is 12.2. The number of carbonyl (C=O) groups excluding carboxylic acids is 2. The predicted octanol–water partition coefficient (Wildman–Crippen LogP) is 1.93. The molecule has 0 aliphatic carbocycles. The highest BCUT2D eigenvalue weighted by molar-refractivity contribution is 7.15. The van der Waals surface area contributed by atoms with Crippen molar-refractivity contribution in [3.63, 3.8) is 0 Å². The zero-order chi connectivity index (χ0) is 17.8. The molecule has 0 radical (unpaired) electrons. The molecule has 1 saturated heterocycles. The van der Waals surface area contributed by atoms with Gasteiger partial charge in [0.05, 0.1) is 12.6 Å².